The monoisotopic (exact) mass is 530 g/mol. The number of aromatic nitrogens is 2. The summed E-state index contributed by atoms with van der Waals surface area (Å²) in [7, 11) is 0. The van der Waals surface area contributed by atoms with E-state index in [1.807, 2.05) is 42.5 Å². The van der Waals surface area contributed by atoms with E-state index in [0.29, 0.717) is 54.4 Å². The molecule has 5 aromatic carbocycles. The van der Waals surface area contributed by atoms with Crippen molar-refractivity contribution in [1.82, 2.24) is 9.97 Å². The van der Waals surface area contributed by atoms with Gasteiger partial charge in [0.2, 0.25) is 0 Å². The summed E-state index contributed by atoms with van der Waals surface area (Å²) in [5.74, 6) is -1.36. The van der Waals surface area contributed by atoms with E-state index in [0.717, 1.165) is 0 Å². The van der Waals surface area contributed by atoms with Crippen molar-refractivity contribution in [2.24, 2.45) is 0 Å². The minimum absolute atomic E-state index is 0.0522. The normalized spacial score (nSPS) is 12.4. The number of hydrogen-bond acceptors (Lipinski definition) is 6. The highest BCUT2D eigenvalue weighted by Crippen LogP contribution is 2.48. The van der Waals surface area contributed by atoms with Gasteiger partial charge < -0.3 is 14.6 Å². The van der Waals surface area contributed by atoms with Gasteiger partial charge in [0.1, 0.15) is 17.1 Å². The van der Waals surface area contributed by atoms with Gasteiger partial charge in [-0.1, -0.05) is 78.3 Å². The molecule has 0 aliphatic rings. The Morgan fingerprint density at radius 1 is 0.641 bits per heavy atom. The third-order valence-corrected chi connectivity index (χ3v) is 7.48. The van der Waals surface area contributed by atoms with E-state index in [2.05, 4.69) is 0 Å². The zero-order valence-electron chi connectivity index (χ0n) is 20.3. The summed E-state index contributed by atoms with van der Waals surface area (Å²) < 4.78 is 5.67. The number of nitrogens with zero attached hydrogens (tertiary/aromatic N) is 2. The van der Waals surface area contributed by atoms with Crippen molar-refractivity contribution in [2.75, 3.05) is 0 Å². The largest absolute Gasteiger partial charge is 0.507 e. The van der Waals surface area contributed by atoms with E-state index in [1.54, 1.807) is 54.6 Å². The number of aromatic hydroxyl groups is 2. The molecule has 7 aromatic rings. The van der Waals surface area contributed by atoms with Crippen LogP contribution in [-0.4, -0.2) is 20.2 Å². The van der Waals surface area contributed by atoms with E-state index >= 15 is 0 Å². The second-order valence-corrected chi connectivity index (χ2v) is 9.73. The average molecular weight is 531 g/mol. The molecule has 7 heteroatoms. The Morgan fingerprint density at radius 3 is 1.95 bits per heavy atom. The Kier molecular flexibility index (Phi) is 5.25. The third-order valence-electron chi connectivity index (χ3n) is 7.13. The van der Waals surface area contributed by atoms with Gasteiger partial charge in [-0.15, -0.1) is 0 Å². The van der Waals surface area contributed by atoms with E-state index in [9.17, 15) is 15.0 Å². The lowest BCUT2D eigenvalue weighted by atomic mass is 9.82. The Hall–Kier alpha value is -4.94. The Bertz CT molecular complexity index is 2160. The topological polar surface area (TPSA) is 96.5 Å². The van der Waals surface area contributed by atoms with Crippen LogP contribution in [0.1, 0.15) is 22.6 Å². The lowest BCUT2D eigenvalue weighted by molar-refractivity contribution is 0.451. The first kappa shape index (κ1) is 23.2. The van der Waals surface area contributed by atoms with Gasteiger partial charge in [0, 0.05) is 21.4 Å². The molecule has 0 saturated carbocycles. The Morgan fingerprint density at radius 2 is 1.21 bits per heavy atom. The van der Waals surface area contributed by atoms with Crippen molar-refractivity contribution in [2.45, 2.75) is 5.92 Å². The van der Waals surface area contributed by atoms with Crippen molar-refractivity contribution in [3.8, 4) is 11.5 Å². The fourth-order valence-corrected chi connectivity index (χ4v) is 5.61. The fourth-order valence-electron chi connectivity index (χ4n) is 5.37. The molecule has 0 bridgehead atoms. The maximum Gasteiger partial charge on any atom is 0.344 e. The van der Waals surface area contributed by atoms with Gasteiger partial charge in [0.15, 0.2) is 0 Å². The molecule has 0 radical (unpaired) electrons. The summed E-state index contributed by atoms with van der Waals surface area (Å²) in [5, 5.41) is 25.4. The predicted molar refractivity (Wildman–Crippen MR) is 153 cm³/mol. The van der Waals surface area contributed by atoms with Crippen molar-refractivity contribution in [3.05, 3.63) is 129 Å². The zero-order valence-corrected chi connectivity index (χ0v) is 21.1. The van der Waals surface area contributed by atoms with Crippen molar-refractivity contribution < 1.29 is 14.6 Å². The number of phenolic OH excluding ortho intramolecular Hbond substituents is 1. The molecule has 0 spiro atoms. The van der Waals surface area contributed by atoms with Crippen LogP contribution in [0.3, 0.4) is 0 Å². The van der Waals surface area contributed by atoms with Gasteiger partial charge in [0.05, 0.1) is 38.9 Å². The standard InChI is InChI=1S/C32H19ClN2O4/c33-21-13-5-3-11-19(21)25(27-31(37)20-12-4-8-16-24(20)39-32(27)38)26-29-28(17-9-1-2-10-18(17)30(26)36)34-22-14-6-7-15-23(22)35-29/h1-16,25,36-37H. The number of hydrogen-bond donors (Lipinski definition) is 2. The summed E-state index contributed by atoms with van der Waals surface area (Å²) in [6.45, 7) is 0. The van der Waals surface area contributed by atoms with Crippen LogP contribution < -0.4 is 5.63 Å². The SMILES string of the molecule is O=c1oc2ccccc2c(O)c1C(c1ccccc1Cl)c1c(O)c2ccccc2c2nc3ccccc3nc12. The zero-order chi connectivity index (χ0) is 26.7. The van der Waals surface area contributed by atoms with Crippen LogP contribution in [0, 0.1) is 0 Å². The molecular formula is C32H19ClN2O4. The van der Waals surface area contributed by atoms with Crippen LogP contribution in [0.15, 0.2) is 106 Å². The molecule has 6 nitrogen and oxygen atoms in total. The molecule has 7 rings (SSSR count). The van der Waals surface area contributed by atoms with Gasteiger partial charge in [-0.05, 0) is 35.9 Å². The first-order valence-corrected chi connectivity index (χ1v) is 12.7. The molecule has 39 heavy (non-hydrogen) atoms. The summed E-state index contributed by atoms with van der Waals surface area (Å²) >= 11 is 6.73. The molecule has 0 amide bonds. The predicted octanol–water partition coefficient (Wildman–Crippen LogP) is 7.29. The molecule has 2 N–H and O–H groups in total. The van der Waals surface area contributed by atoms with E-state index in [1.165, 1.54) is 0 Å². The molecule has 1 atom stereocenters. The van der Waals surface area contributed by atoms with Gasteiger partial charge in [-0.25, -0.2) is 14.8 Å². The molecule has 0 saturated heterocycles. The minimum atomic E-state index is -1.03. The number of phenols is 1. The van der Waals surface area contributed by atoms with Crippen LogP contribution in [0.25, 0.3) is 43.8 Å². The van der Waals surface area contributed by atoms with E-state index in [-0.39, 0.29) is 22.6 Å². The maximum absolute atomic E-state index is 13.6. The molecule has 0 aliphatic heterocycles. The van der Waals surface area contributed by atoms with E-state index < -0.39 is 11.5 Å². The summed E-state index contributed by atoms with van der Waals surface area (Å²) in [6.07, 6.45) is 0. The highest BCUT2D eigenvalue weighted by atomic mass is 35.5. The molecule has 2 aromatic heterocycles. The minimum Gasteiger partial charge on any atom is -0.507 e. The number of rotatable bonds is 3. The molecular weight excluding hydrogens is 512 g/mol. The molecule has 2 heterocycles. The van der Waals surface area contributed by atoms with Gasteiger partial charge in [-0.2, -0.15) is 0 Å². The Labute approximate surface area is 226 Å². The van der Waals surface area contributed by atoms with Crippen molar-refractivity contribution >= 4 is 55.4 Å². The van der Waals surface area contributed by atoms with E-state index in [4.69, 9.17) is 26.0 Å². The Balaban J connectivity index is 1.71. The number of benzene rings is 5. The first-order valence-electron chi connectivity index (χ1n) is 12.3. The second kappa shape index (κ2) is 8.82. The van der Waals surface area contributed by atoms with Crippen molar-refractivity contribution in [3.63, 3.8) is 0 Å². The number of fused-ring (bicyclic) bond motifs is 5. The highest BCUT2D eigenvalue weighted by molar-refractivity contribution is 6.31. The molecule has 1 unspecified atom stereocenters. The smallest absolute Gasteiger partial charge is 0.344 e. The highest BCUT2D eigenvalue weighted by Gasteiger charge is 2.33. The quantitative estimate of drug-likeness (QED) is 0.141. The lowest BCUT2D eigenvalue weighted by Crippen LogP contribution is -2.17. The van der Waals surface area contributed by atoms with Crippen LogP contribution in [0.4, 0.5) is 0 Å². The number of para-hydroxylation sites is 3. The maximum atomic E-state index is 13.6. The van der Waals surface area contributed by atoms with Crippen LogP contribution in [0.2, 0.25) is 5.02 Å². The second-order valence-electron chi connectivity index (χ2n) is 9.32. The average Bonchev–Trinajstić information content (AvgIpc) is 2.96. The first-order chi connectivity index (χ1) is 19.0. The molecule has 188 valence electrons. The summed E-state index contributed by atoms with van der Waals surface area (Å²) in [5.41, 5.74) is 2.50. The van der Waals surface area contributed by atoms with Crippen LogP contribution in [-0.2, 0) is 0 Å². The van der Waals surface area contributed by atoms with Gasteiger partial charge >= 0.3 is 5.63 Å². The molecule has 0 aliphatic carbocycles. The third kappa shape index (κ3) is 3.53. The fraction of sp³-hybridized carbons (Fsp3) is 0.0312. The lowest BCUT2D eigenvalue weighted by Gasteiger charge is -2.23. The number of halogens is 1. The van der Waals surface area contributed by atoms with Crippen LogP contribution >= 0.6 is 11.6 Å². The summed E-state index contributed by atoms with van der Waals surface area (Å²) in [4.78, 5) is 23.4. The summed E-state index contributed by atoms with van der Waals surface area (Å²) in [6, 6.07) is 28.6. The van der Waals surface area contributed by atoms with Gasteiger partial charge in [0.25, 0.3) is 0 Å². The molecule has 0 fully saturated rings. The van der Waals surface area contributed by atoms with Crippen molar-refractivity contribution in [1.29, 1.82) is 0 Å². The van der Waals surface area contributed by atoms with Crippen LogP contribution in [0.5, 0.6) is 11.5 Å². The van der Waals surface area contributed by atoms with Gasteiger partial charge in [-0.3, -0.25) is 0 Å².